The summed E-state index contributed by atoms with van der Waals surface area (Å²) in [6.07, 6.45) is 2.91. The van der Waals surface area contributed by atoms with Crippen LogP contribution in [0.15, 0.2) is 36.4 Å². The molecule has 2 aromatic rings. The summed E-state index contributed by atoms with van der Waals surface area (Å²) in [5.74, 6) is -0.712. The van der Waals surface area contributed by atoms with E-state index in [1.807, 2.05) is 0 Å². The molecule has 0 saturated carbocycles. The van der Waals surface area contributed by atoms with Gasteiger partial charge in [-0.25, -0.2) is 4.79 Å². The van der Waals surface area contributed by atoms with E-state index in [9.17, 15) is 9.59 Å². The van der Waals surface area contributed by atoms with Gasteiger partial charge in [0.15, 0.2) is 0 Å². The molecule has 27 heavy (non-hydrogen) atoms. The molecule has 0 fully saturated rings. The summed E-state index contributed by atoms with van der Waals surface area (Å²) in [6, 6.07) is 7.84. The Morgan fingerprint density at radius 1 is 1.07 bits per heavy atom. The molecule has 8 heteroatoms. The lowest BCUT2D eigenvalue weighted by Gasteiger charge is -2.12. The zero-order chi connectivity index (χ0) is 20.0. The van der Waals surface area contributed by atoms with Gasteiger partial charge in [0.25, 0.3) is 0 Å². The quantitative estimate of drug-likeness (QED) is 0.488. The number of amides is 1. The van der Waals surface area contributed by atoms with E-state index in [2.05, 4.69) is 5.32 Å². The molecule has 0 aromatic heterocycles. The van der Waals surface area contributed by atoms with Gasteiger partial charge in [0.1, 0.15) is 5.75 Å². The minimum Gasteiger partial charge on any atom is -0.495 e. The summed E-state index contributed by atoms with van der Waals surface area (Å²) in [4.78, 5) is 24.1. The van der Waals surface area contributed by atoms with Crippen LogP contribution in [0.3, 0.4) is 0 Å². The molecule has 0 aliphatic rings. The molecular weight excluding hydrogens is 413 g/mol. The van der Waals surface area contributed by atoms with Crippen LogP contribution in [0.5, 0.6) is 5.75 Å². The molecule has 2 aromatic carbocycles. The summed E-state index contributed by atoms with van der Waals surface area (Å²) in [5.41, 5.74) is 1.18. The maximum atomic E-state index is 12.2. The number of hydrogen-bond acceptors (Lipinski definition) is 4. The first-order valence-electron chi connectivity index (χ1n) is 7.84. The molecule has 2 rings (SSSR count). The molecule has 0 bridgehead atoms. The Balaban J connectivity index is 2.19. The van der Waals surface area contributed by atoms with Gasteiger partial charge in [-0.05, 0) is 42.8 Å². The minimum absolute atomic E-state index is 0.137. The predicted molar refractivity (Wildman–Crippen MR) is 108 cm³/mol. The van der Waals surface area contributed by atoms with E-state index in [-0.39, 0.29) is 22.9 Å². The third-order valence-electron chi connectivity index (χ3n) is 3.41. The minimum atomic E-state index is -0.571. The average Bonchev–Trinajstić information content (AvgIpc) is 2.63. The van der Waals surface area contributed by atoms with Gasteiger partial charge < -0.3 is 14.8 Å². The van der Waals surface area contributed by atoms with Crippen molar-refractivity contribution in [1.82, 2.24) is 0 Å². The lowest BCUT2D eigenvalue weighted by atomic mass is 10.1. The van der Waals surface area contributed by atoms with Gasteiger partial charge in [-0.2, -0.15) is 0 Å². The third-order valence-corrected chi connectivity index (χ3v) is 4.46. The summed E-state index contributed by atoms with van der Waals surface area (Å²) >= 11 is 17.9. The second-order valence-corrected chi connectivity index (χ2v) is 6.47. The normalized spacial score (nSPS) is 10.7. The molecule has 0 spiro atoms. The molecule has 0 aliphatic carbocycles. The topological polar surface area (TPSA) is 64.6 Å². The number of rotatable bonds is 6. The highest BCUT2D eigenvalue weighted by Gasteiger charge is 2.17. The second-order valence-electron chi connectivity index (χ2n) is 5.25. The molecule has 0 aliphatic heterocycles. The first kappa shape index (κ1) is 21.1. The molecule has 0 radical (unpaired) electrons. The Labute approximate surface area is 171 Å². The number of carbonyl (C=O) groups is 2. The zero-order valence-corrected chi connectivity index (χ0v) is 16.8. The van der Waals surface area contributed by atoms with E-state index in [4.69, 9.17) is 44.3 Å². The Morgan fingerprint density at radius 2 is 1.81 bits per heavy atom. The summed E-state index contributed by atoms with van der Waals surface area (Å²) < 4.78 is 10.2. The zero-order valence-electron chi connectivity index (χ0n) is 14.5. The van der Waals surface area contributed by atoms with Gasteiger partial charge in [0.05, 0.1) is 40.0 Å². The van der Waals surface area contributed by atoms with Crippen LogP contribution in [-0.2, 0) is 9.53 Å². The highest BCUT2D eigenvalue weighted by atomic mass is 35.5. The molecule has 0 unspecified atom stereocenters. The van der Waals surface area contributed by atoms with Crippen LogP contribution in [0.25, 0.3) is 6.08 Å². The molecular formula is C19H16Cl3NO4. The maximum absolute atomic E-state index is 12.2. The fourth-order valence-electron chi connectivity index (χ4n) is 2.15. The van der Waals surface area contributed by atoms with E-state index in [1.165, 1.54) is 25.3 Å². The molecule has 0 atom stereocenters. The van der Waals surface area contributed by atoms with Crippen molar-refractivity contribution in [3.8, 4) is 5.75 Å². The molecule has 1 N–H and O–H groups in total. The van der Waals surface area contributed by atoms with E-state index >= 15 is 0 Å². The highest BCUT2D eigenvalue weighted by molar-refractivity contribution is 6.42. The number of nitrogens with one attached hydrogen (secondary N) is 1. The third kappa shape index (κ3) is 5.63. The van der Waals surface area contributed by atoms with Gasteiger partial charge in [-0.3, -0.25) is 4.79 Å². The largest absolute Gasteiger partial charge is 0.495 e. The van der Waals surface area contributed by atoms with Crippen molar-refractivity contribution in [3.05, 3.63) is 62.6 Å². The molecule has 0 saturated heterocycles. The molecule has 0 heterocycles. The maximum Gasteiger partial charge on any atom is 0.339 e. The number of carbonyl (C=O) groups excluding carboxylic acids is 2. The number of hydrogen-bond donors (Lipinski definition) is 1. The van der Waals surface area contributed by atoms with Crippen molar-refractivity contribution in [2.75, 3.05) is 19.0 Å². The Bertz CT molecular complexity index is 897. The summed E-state index contributed by atoms with van der Waals surface area (Å²) in [7, 11) is 1.42. The van der Waals surface area contributed by atoms with Crippen LogP contribution >= 0.6 is 34.8 Å². The van der Waals surface area contributed by atoms with Crippen molar-refractivity contribution < 1.29 is 19.1 Å². The van der Waals surface area contributed by atoms with Crippen molar-refractivity contribution in [2.45, 2.75) is 6.92 Å². The highest BCUT2D eigenvalue weighted by Crippen LogP contribution is 2.32. The number of esters is 1. The van der Waals surface area contributed by atoms with Crippen molar-refractivity contribution in [3.63, 3.8) is 0 Å². The van der Waals surface area contributed by atoms with Crippen LogP contribution < -0.4 is 10.1 Å². The standard InChI is InChI=1S/C19H16Cl3NO4/c1-3-27-19(25)12-9-17(26-2)16(10-14(12)21)23-18(24)7-5-11-4-6-13(20)15(22)8-11/h4-10H,3H2,1-2H3,(H,23,24)/b7-5+. The smallest absolute Gasteiger partial charge is 0.339 e. The molecule has 142 valence electrons. The Morgan fingerprint density at radius 3 is 2.44 bits per heavy atom. The van der Waals surface area contributed by atoms with Gasteiger partial charge in [-0.1, -0.05) is 40.9 Å². The van der Waals surface area contributed by atoms with E-state index < -0.39 is 11.9 Å². The van der Waals surface area contributed by atoms with Crippen LogP contribution in [0.4, 0.5) is 5.69 Å². The number of anilines is 1. The lowest BCUT2D eigenvalue weighted by Crippen LogP contribution is -2.11. The lowest BCUT2D eigenvalue weighted by molar-refractivity contribution is -0.111. The first-order valence-corrected chi connectivity index (χ1v) is 8.97. The SMILES string of the molecule is CCOC(=O)c1cc(OC)c(NC(=O)/C=C/c2ccc(Cl)c(Cl)c2)cc1Cl. The fraction of sp³-hybridized carbons (Fsp3) is 0.158. The van der Waals surface area contributed by atoms with Crippen LogP contribution in [0.1, 0.15) is 22.8 Å². The van der Waals surface area contributed by atoms with E-state index in [0.717, 1.165) is 0 Å². The van der Waals surface area contributed by atoms with Crippen LogP contribution in [0.2, 0.25) is 15.1 Å². The van der Waals surface area contributed by atoms with Gasteiger partial charge in [-0.15, -0.1) is 0 Å². The second kappa shape index (κ2) is 9.65. The number of methoxy groups -OCH3 is 1. The summed E-state index contributed by atoms with van der Waals surface area (Å²) in [5, 5.41) is 3.61. The first-order chi connectivity index (χ1) is 12.8. The van der Waals surface area contributed by atoms with Gasteiger partial charge in [0.2, 0.25) is 5.91 Å². The van der Waals surface area contributed by atoms with E-state index in [0.29, 0.717) is 21.3 Å². The number of ether oxygens (including phenoxy) is 2. The Hall–Kier alpha value is -2.21. The van der Waals surface area contributed by atoms with Crippen LogP contribution in [-0.4, -0.2) is 25.6 Å². The van der Waals surface area contributed by atoms with Crippen LogP contribution in [0, 0.1) is 0 Å². The van der Waals surface area contributed by atoms with Crippen molar-refractivity contribution in [2.24, 2.45) is 0 Å². The van der Waals surface area contributed by atoms with Crippen molar-refractivity contribution >= 4 is 58.4 Å². The predicted octanol–water partition coefficient (Wildman–Crippen LogP) is 5.48. The monoisotopic (exact) mass is 427 g/mol. The summed E-state index contributed by atoms with van der Waals surface area (Å²) in [6.45, 7) is 1.91. The van der Waals surface area contributed by atoms with Gasteiger partial charge >= 0.3 is 5.97 Å². The fourth-order valence-corrected chi connectivity index (χ4v) is 2.69. The molecule has 5 nitrogen and oxygen atoms in total. The van der Waals surface area contributed by atoms with Gasteiger partial charge in [0, 0.05) is 6.08 Å². The number of halogens is 3. The van der Waals surface area contributed by atoms with E-state index in [1.54, 1.807) is 31.2 Å². The molecule has 1 amide bonds. The average molecular weight is 429 g/mol. The number of benzene rings is 2. The van der Waals surface area contributed by atoms with Crippen molar-refractivity contribution in [1.29, 1.82) is 0 Å². The Kier molecular flexibility index (Phi) is 7.54.